The summed E-state index contributed by atoms with van der Waals surface area (Å²) in [7, 11) is 0. The molecule has 0 spiro atoms. The third kappa shape index (κ3) is 2.59. The van der Waals surface area contributed by atoms with Crippen LogP contribution < -0.4 is 5.90 Å². The predicted octanol–water partition coefficient (Wildman–Crippen LogP) is 2.19. The average Bonchev–Trinajstić information content (AvgIpc) is 2.07. The minimum Gasteiger partial charge on any atom is -0.304 e. The third-order valence-corrected chi connectivity index (χ3v) is 2.46. The number of nitrogens with two attached hydrogens (primary N) is 1. The monoisotopic (exact) mass is 229 g/mol. The first-order valence-electron chi connectivity index (χ1n) is 3.80. The highest BCUT2D eigenvalue weighted by Crippen LogP contribution is 2.18. The lowest BCUT2D eigenvalue weighted by Gasteiger charge is -2.04. The lowest BCUT2D eigenvalue weighted by Crippen LogP contribution is -2.04. The summed E-state index contributed by atoms with van der Waals surface area (Å²) in [5, 5.41) is 0. The Labute approximate surface area is 80.8 Å². The fourth-order valence-corrected chi connectivity index (χ4v) is 1.51. The first-order valence-corrected chi connectivity index (χ1v) is 4.60. The van der Waals surface area contributed by atoms with Crippen LogP contribution in [0.2, 0.25) is 0 Å². The van der Waals surface area contributed by atoms with Crippen LogP contribution in [-0.4, -0.2) is 6.61 Å². The van der Waals surface area contributed by atoms with E-state index >= 15 is 0 Å². The summed E-state index contributed by atoms with van der Waals surface area (Å²) < 4.78 is 1.12. The minimum atomic E-state index is 0.558. The maximum absolute atomic E-state index is 4.95. The van der Waals surface area contributed by atoms with Gasteiger partial charge in [-0.3, -0.25) is 0 Å². The van der Waals surface area contributed by atoms with Crippen molar-refractivity contribution < 1.29 is 4.84 Å². The van der Waals surface area contributed by atoms with Crippen molar-refractivity contribution in [3.63, 3.8) is 0 Å². The van der Waals surface area contributed by atoms with E-state index in [9.17, 15) is 0 Å². The van der Waals surface area contributed by atoms with Crippen LogP contribution in [-0.2, 0) is 11.3 Å². The lowest BCUT2D eigenvalue weighted by atomic mass is 10.1. The molecular formula is C9H12BrNO. The molecule has 0 aromatic heterocycles. The van der Waals surface area contributed by atoms with E-state index < -0.39 is 0 Å². The zero-order chi connectivity index (χ0) is 8.97. The topological polar surface area (TPSA) is 35.2 Å². The second kappa shape index (κ2) is 4.60. The molecule has 0 unspecified atom stereocenters. The van der Waals surface area contributed by atoms with Crippen LogP contribution in [0.1, 0.15) is 11.1 Å². The largest absolute Gasteiger partial charge is 0.304 e. The van der Waals surface area contributed by atoms with Gasteiger partial charge in [-0.1, -0.05) is 33.6 Å². The van der Waals surface area contributed by atoms with Gasteiger partial charge in [0.1, 0.15) is 0 Å². The fraction of sp³-hybridized carbons (Fsp3) is 0.333. The normalized spacial score (nSPS) is 10.2. The molecule has 0 aliphatic carbocycles. The molecule has 1 rings (SSSR count). The zero-order valence-corrected chi connectivity index (χ0v) is 8.60. The molecule has 0 heterocycles. The molecule has 2 N–H and O–H groups in total. The van der Waals surface area contributed by atoms with Crippen molar-refractivity contribution in [2.45, 2.75) is 13.3 Å². The minimum absolute atomic E-state index is 0.558. The van der Waals surface area contributed by atoms with Gasteiger partial charge in [-0.15, -0.1) is 0 Å². The van der Waals surface area contributed by atoms with Gasteiger partial charge in [0.2, 0.25) is 0 Å². The second-order valence-electron chi connectivity index (χ2n) is 2.72. The number of halogens is 1. The number of benzene rings is 1. The highest BCUT2D eigenvalue weighted by molar-refractivity contribution is 9.10. The quantitative estimate of drug-likeness (QED) is 0.808. The molecule has 0 saturated heterocycles. The molecule has 0 aliphatic rings. The average molecular weight is 230 g/mol. The molecular weight excluding hydrogens is 218 g/mol. The van der Waals surface area contributed by atoms with E-state index in [4.69, 9.17) is 5.90 Å². The Balaban J connectivity index is 2.75. The summed E-state index contributed by atoms with van der Waals surface area (Å²) >= 11 is 3.46. The van der Waals surface area contributed by atoms with Crippen molar-refractivity contribution in [1.29, 1.82) is 0 Å². The number of aryl methyl sites for hydroxylation is 1. The summed E-state index contributed by atoms with van der Waals surface area (Å²) in [6, 6.07) is 6.24. The van der Waals surface area contributed by atoms with Crippen LogP contribution in [0.5, 0.6) is 0 Å². The van der Waals surface area contributed by atoms with E-state index in [0.29, 0.717) is 6.61 Å². The first-order chi connectivity index (χ1) is 5.74. The van der Waals surface area contributed by atoms with Crippen LogP contribution in [0.15, 0.2) is 22.7 Å². The highest BCUT2D eigenvalue weighted by atomic mass is 79.9. The van der Waals surface area contributed by atoms with E-state index in [1.54, 1.807) is 0 Å². The molecule has 0 amide bonds. The molecule has 66 valence electrons. The van der Waals surface area contributed by atoms with Crippen LogP contribution >= 0.6 is 15.9 Å². The smallest absolute Gasteiger partial charge is 0.0720 e. The Kier molecular flexibility index (Phi) is 3.72. The van der Waals surface area contributed by atoms with Crippen molar-refractivity contribution in [2.24, 2.45) is 5.90 Å². The van der Waals surface area contributed by atoms with Crippen LogP contribution in [0, 0.1) is 6.92 Å². The van der Waals surface area contributed by atoms with E-state index in [-0.39, 0.29) is 0 Å². The Morgan fingerprint density at radius 2 is 2.25 bits per heavy atom. The van der Waals surface area contributed by atoms with Gasteiger partial charge >= 0.3 is 0 Å². The molecule has 0 radical (unpaired) electrons. The van der Waals surface area contributed by atoms with Gasteiger partial charge in [-0.25, -0.2) is 5.90 Å². The van der Waals surface area contributed by atoms with Crippen LogP contribution in [0.25, 0.3) is 0 Å². The van der Waals surface area contributed by atoms with Gasteiger partial charge in [-0.2, -0.15) is 0 Å². The molecule has 0 fully saturated rings. The van der Waals surface area contributed by atoms with Crippen molar-refractivity contribution in [1.82, 2.24) is 0 Å². The number of hydrogen-bond donors (Lipinski definition) is 1. The lowest BCUT2D eigenvalue weighted by molar-refractivity contribution is 0.141. The maximum Gasteiger partial charge on any atom is 0.0720 e. The summed E-state index contributed by atoms with van der Waals surface area (Å²) in [4.78, 5) is 4.52. The van der Waals surface area contributed by atoms with E-state index in [1.807, 2.05) is 6.07 Å². The summed E-state index contributed by atoms with van der Waals surface area (Å²) in [6.07, 6.45) is 0.846. The summed E-state index contributed by atoms with van der Waals surface area (Å²) in [6.45, 7) is 2.63. The van der Waals surface area contributed by atoms with Crippen molar-refractivity contribution >= 4 is 15.9 Å². The maximum atomic E-state index is 4.95. The third-order valence-electron chi connectivity index (χ3n) is 1.69. The van der Waals surface area contributed by atoms with Gasteiger partial charge in [0.15, 0.2) is 0 Å². The number of hydrogen-bond acceptors (Lipinski definition) is 2. The van der Waals surface area contributed by atoms with Crippen LogP contribution in [0.3, 0.4) is 0 Å². The molecule has 2 nitrogen and oxygen atoms in total. The van der Waals surface area contributed by atoms with Crippen LogP contribution in [0.4, 0.5) is 0 Å². The van der Waals surface area contributed by atoms with E-state index in [0.717, 1.165) is 10.9 Å². The second-order valence-corrected chi connectivity index (χ2v) is 3.57. The van der Waals surface area contributed by atoms with Gasteiger partial charge in [0.05, 0.1) is 6.61 Å². The molecule has 0 atom stereocenters. The molecule has 0 aliphatic heterocycles. The Hall–Kier alpha value is -0.380. The first kappa shape index (κ1) is 9.71. The van der Waals surface area contributed by atoms with E-state index in [2.05, 4.69) is 39.8 Å². The Morgan fingerprint density at radius 1 is 1.50 bits per heavy atom. The molecule has 0 bridgehead atoms. The van der Waals surface area contributed by atoms with Crippen molar-refractivity contribution in [3.8, 4) is 0 Å². The Morgan fingerprint density at radius 3 is 2.92 bits per heavy atom. The van der Waals surface area contributed by atoms with E-state index in [1.165, 1.54) is 11.1 Å². The highest BCUT2D eigenvalue weighted by Gasteiger charge is 1.98. The predicted molar refractivity (Wildman–Crippen MR) is 52.7 cm³/mol. The molecule has 1 aromatic rings. The molecule has 0 saturated carbocycles. The van der Waals surface area contributed by atoms with Gasteiger partial charge in [-0.05, 0) is 25.0 Å². The molecule has 3 heteroatoms. The molecule has 12 heavy (non-hydrogen) atoms. The van der Waals surface area contributed by atoms with Gasteiger partial charge in [0, 0.05) is 4.47 Å². The van der Waals surface area contributed by atoms with Crippen molar-refractivity contribution in [3.05, 3.63) is 33.8 Å². The zero-order valence-electron chi connectivity index (χ0n) is 7.01. The van der Waals surface area contributed by atoms with Crippen molar-refractivity contribution in [2.75, 3.05) is 6.61 Å². The van der Waals surface area contributed by atoms with Gasteiger partial charge in [0.25, 0.3) is 0 Å². The Bertz CT molecular complexity index is 263. The number of rotatable bonds is 3. The standard InChI is InChI=1S/C9H12BrNO/c1-7-2-3-9(10)8(6-7)4-5-12-11/h2-3,6H,4-5,11H2,1H3. The van der Waals surface area contributed by atoms with Gasteiger partial charge < -0.3 is 4.84 Å². The SMILES string of the molecule is Cc1ccc(Br)c(CCON)c1. The summed E-state index contributed by atoms with van der Waals surface area (Å²) in [5.41, 5.74) is 2.49. The molecule has 1 aromatic carbocycles. The fourth-order valence-electron chi connectivity index (χ4n) is 1.06. The summed E-state index contributed by atoms with van der Waals surface area (Å²) in [5.74, 6) is 4.95.